The van der Waals surface area contributed by atoms with Crippen LogP contribution in [0.1, 0.15) is 36.0 Å². The maximum Gasteiger partial charge on any atom is 0.115 e. The molecule has 0 spiro atoms. The van der Waals surface area contributed by atoms with Crippen molar-refractivity contribution in [2.75, 3.05) is 6.54 Å². The number of alkyl halides is 1. The third kappa shape index (κ3) is 1.67. The number of benzene rings is 1. The van der Waals surface area contributed by atoms with Crippen molar-refractivity contribution in [3.8, 4) is 0 Å². The lowest BCUT2D eigenvalue weighted by Crippen LogP contribution is -2.42. The van der Waals surface area contributed by atoms with Crippen molar-refractivity contribution in [2.24, 2.45) is 5.73 Å². The Morgan fingerprint density at radius 1 is 1.40 bits per heavy atom. The molecule has 1 nitrogen and oxygen atoms in total. The molecule has 0 atom stereocenters. The Labute approximate surface area is 90.5 Å². The van der Waals surface area contributed by atoms with E-state index in [1.54, 1.807) is 0 Å². The monoisotopic (exact) mass is 207 g/mol. The average molecular weight is 207 g/mol. The molecule has 0 bridgehead atoms. The summed E-state index contributed by atoms with van der Waals surface area (Å²) < 4.78 is 12.6. The number of nitrogens with two attached hydrogens (primary N) is 1. The number of hydrogen-bond donors (Lipinski definition) is 1. The van der Waals surface area contributed by atoms with Gasteiger partial charge in [0.1, 0.15) is 6.67 Å². The van der Waals surface area contributed by atoms with Crippen molar-refractivity contribution in [1.29, 1.82) is 0 Å². The van der Waals surface area contributed by atoms with Crippen LogP contribution in [0.3, 0.4) is 0 Å². The van der Waals surface area contributed by atoms with Crippen molar-refractivity contribution in [3.05, 3.63) is 34.9 Å². The highest BCUT2D eigenvalue weighted by molar-refractivity contribution is 5.39. The van der Waals surface area contributed by atoms with Gasteiger partial charge in [-0.25, -0.2) is 4.39 Å². The molecule has 1 aromatic rings. The van der Waals surface area contributed by atoms with Crippen molar-refractivity contribution >= 4 is 0 Å². The highest BCUT2D eigenvalue weighted by atomic mass is 19.1. The summed E-state index contributed by atoms with van der Waals surface area (Å²) in [7, 11) is 0. The van der Waals surface area contributed by atoms with Gasteiger partial charge >= 0.3 is 0 Å². The van der Waals surface area contributed by atoms with Gasteiger partial charge < -0.3 is 5.73 Å². The Kier molecular flexibility index (Phi) is 2.79. The van der Waals surface area contributed by atoms with Gasteiger partial charge in [-0.3, -0.25) is 0 Å². The van der Waals surface area contributed by atoms with E-state index < -0.39 is 0 Å². The van der Waals surface area contributed by atoms with Crippen LogP contribution in [0.2, 0.25) is 0 Å². The minimum atomic E-state index is -0.381. The molecule has 0 saturated heterocycles. The van der Waals surface area contributed by atoms with Crippen LogP contribution < -0.4 is 5.73 Å². The van der Waals surface area contributed by atoms with Gasteiger partial charge in [-0.05, 0) is 36.5 Å². The maximum absolute atomic E-state index is 12.6. The molecule has 1 aliphatic carbocycles. The van der Waals surface area contributed by atoms with Crippen LogP contribution in [-0.2, 0) is 12.1 Å². The number of rotatable bonds is 3. The van der Waals surface area contributed by atoms with Crippen molar-refractivity contribution < 1.29 is 4.39 Å². The van der Waals surface area contributed by atoms with Crippen LogP contribution in [0, 0.1) is 6.92 Å². The first-order chi connectivity index (χ1) is 7.22. The number of hydrogen-bond acceptors (Lipinski definition) is 1. The third-order valence-electron chi connectivity index (χ3n) is 3.73. The quantitative estimate of drug-likeness (QED) is 0.810. The van der Waals surface area contributed by atoms with Crippen molar-refractivity contribution in [2.45, 2.75) is 38.3 Å². The topological polar surface area (TPSA) is 26.0 Å². The van der Waals surface area contributed by atoms with E-state index in [1.165, 1.54) is 17.5 Å². The Hall–Kier alpha value is -0.890. The molecule has 0 radical (unpaired) electrons. The average Bonchev–Trinajstić information content (AvgIpc) is 2.20. The molecular weight excluding hydrogens is 189 g/mol. The van der Waals surface area contributed by atoms with Gasteiger partial charge in [0.15, 0.2) is 0 Å². The zero-order chi connectivity index (χ0) is 10.9. The van der Waals surface area contributed by atoms with Crippen LogP contribution in [0.25, 0.3) is 0 Å². The maximum atomic E-state index is 12.6. The van der Waals surface area contributed by atoms with Gasteiger partial charge in [0.25, 0.3) is 0 Å². The Morgan fingerprint density at radius 2 is 2.13 bits per heavy atom. The molecule has 0 unspecified atom stereocenters. The first kappa shape index (κ1) is 10.6. The second-order valence-electron chi connectivity index (χ2n) is 4.62. The van der Waals surface area contributed by atoms with E-state index in [0.29, 0.717) is 6.54 Å². The van der Waals surface area contributed by atoms with Gasteiger partial charge in [-0.2, -0.15) is 0 Å². The fraction of sp³-hybridized carbons (Fsp3) is 0.538. The second kappa shape index (κ2) is 3.93. The van der Waals surface area contributed by atoms with E-state index >= 15 is 0 Å². The molecule has 15 heavy (non-hydrogen) atoms. The zero-order valence-electron chi connectivity index (χ0n) is 9.22. The van der Waals surface area contributed by atoms with Crippen LogP contribution in [0.15, 0.2) is 18.2 Å². The lowest BCUT2D eigenvalue weighted by molar-refractivity contribution is 0.251. The SMILES string of the molecule is Cc1ccc(CF)cc1C1(CN)CCC1. The van der Waals surface area contributed by atoms with E-state index in [-0.39, 0.29) is 12.1 Å². The summed E-state index contributed by atoms with van der Waals surface area (Å²) in [4.78, 5) is 0. The first-order valence-electron chi connectivity index (χ1n) is 5.58. The van der Waals surface area contributed by atoms with Crippen LogP contribution >= 0.6 is 0 Å². The van der Waals surface area contributed by atoms with E-state index in [0.717, 1.165) is 18.4 Å². The molecule has 1 aromatic carbocycles. The van der Waals surface area contributed by atoms with E-state index in [2.05, 4.69) is 6.92 Å². The summed E-state index contributed by atoms with van der Waals surface area (Å²) in [5, 5.41) is 0. The zero-order valence-corrected chi connectivity index (χ0v) is 9.22. The summed E-state index contributed by atoms with van der Waals surface area (Å²) in [6, 6.07) is 5.88. The van der Waals surface area contributed by atoms with Crippen molar-refractivity contribution in [3.63, 3.8) is 0 Å². The molecule has 2 N–H and O–H groups in total. The smallest absolute Gasteiger partial charge is 0.115 e. The fourth-order valence-electron chi connectivity index (χ4n) is 2.51. The molecule has 0 amide bonds. The molecule has 1 saturated carbocycles. The summed E-state index contributed by atoms with van der Waals surface area (Å²) in [6.07, 6.45) is 3.55. The standard InChI is InChI=1S/C13H18FN/c1-10-3-4-11(8-14)7-12(10)13(9-15)5-2-6-13/h3-4,7H,2,5-6,8-9,15H2,1H3. The Morgan fingerprint density at radius 3 is 2.60 bits per heavy atom. The fourth-order valence-corrected chi connectivity index (χ4v) is 2.51. The lowest BCUT2D eigenvalue weighted by Gasteiger charge is -2.42. The Bertz CT molecular complexity index is 350. The molecule has 0 aromatic heterocycles. The van der Waals surface area contributed by atoms with Crippen LogP contribution in [0.5, 0.6) is 0 Å². The minimum Gasteiger partial charge on any atom is -0.330 e. The number of halogens is 1. The summed E-state index contributed by atoms with van der Waals surface area (Å²) in [5.41, 5.74) is 9.31. The molecule has 82 valence electrons. The molecule has 0 heterocycles. The highest BCUT2D eigenvalue weighted by Gasteiger charge is 2.38. The first-order valence-corrected chi connectivity index (χ1v) is 5.58. The number of aryl methyl sites for hydroxylation is 1. The third-order valence-corrected chi connectivity index (χ3v) is 3.73. The van der Waals surface area contributed by atoms with Gasteiger partial charge in [-0.1, -0.05) is 24.6 Å². The Balaban J connectivity index is 2.41. The van der Waals surface area contributed by atoms with Gasteiger partial charge in [0.2, 0.25) is 0 Å². The van der Waals surface area contributed by atoms with Crippen LogP contribution in [-0.4, -0.2) is 6.54 Å². The summed E-state index contributed by atoms with van der Waals surface area (Å²) >= 11 is 0. The molecule has 1 fully saturated rings. The van der Waals surface area contributed by atoms with Gasteiger partial charge in [0, 0.05) is 12.0 Å². The summed E-state index contributed by atoms with van der Waals surface area (Å²) in [5.74, 6) is 0. The molecule has 2 heteroatoms. The summed E-state index contributed by atoms with van der Waals surface area (Å²) in [6.45, 7) is 2.39. The van der Waals surface area contributed by atoms with E-state index in [1.807, 2.05) is 18.2 Å². The predicted molar refractivity (Wildman–Crippen MR) is 60.6 cm³/mol. The predicted octanol–water partition coefficient (Wildman–Crippen LogP) is 2.84. The van der Waals surface area contributed by atoms with Gasteiger partial charge in [-0.15, -0.1) is 0 Å². The molecule has 2 rings (SSSR count). The van der Waals surface area contributed by atoms with Crippen LogP contribution in [0.4, 0.5) is 4.39 Å². The normalized spacial score (nSPS) is 18.6. The molecular formula is C13H18FN. The van der Waals surface area contributed by atoms with Crippen molar-refractivity contribution in [1.82, 2.24) is 0 Å². The van der Waals surface area contributed by atoms with E-state index in [9.17, 15) is 4.39 Å². The lowest BCUT2D eigenvalue weighted by atomic mass is 9.63. The van der Waals surface area contributed by atoms with E-state index in [4.69, 9.17) is 5.73 Å². The molecule has 0 aliphatic heterocycles. The second-order valence-corrected chi connectivity index (χ2v) is 4.62. The largest absolute Gasteiger partial charge is 0.330 e. The molecule has 1 aliphatic rings. The minimum absolute atomic E-state index is 0.148. The highest BCUT2D eigenvalue weighted by Crippen LogP contribution is 2.44. The van der Waals surface area contributed by atoms with Gasteiger partial charge in [0.05, 0.1) is 0 Å².